The number of phosphoric acid groups is 1. The van der Waals surface area contributed by atoms with Crippen molar-refractivity contribution in [1.82, 2.24) is 0 Å². The van der Waals surface area contributed by atoms with Crippen molar-refractivity contribution in [1.29, 1.82) is 0 Å². The molecule has 0 aliphatic carbocycles. The fourth-order valence-corrected chi connectivity index (χ4v) is 5.38. The van der Waals surface area contributed by atoms with Crippen LogP contribution in [-0.2, 0) is 37.5 Å². The first kappa shape index (κ1) is 54.8. The van der Waals surface area contributed by atoms with Crippen LogP contribution < -0.4 is 5.73 Å². The number of carboxylic acids is 1. The zero-order chi connectivity index (χ0) is 43.7. The molecule has 0 spiro atoms. The van der Waals surface area contributed by atoms with Crippen LogP contribution in [-0.4, -0.2) is 71.1 Å². The molecule has 13 heteroatoms. The van der Waals surface area contributed by atoms with Gasteiger partial charge in [-0.3, -0.25) is 23.4 Å². The quantitative estimate of drug-likeness (QED) is 0.0154. The molecule has 0 heterocycles. The van der Waals surface area contributed by atoms with Gasteiger partial charge in [0.05, 0.1) is 19.3 Å². The number of unbranched alkanes of at least 4 members (excludes halogenated alkanes) is 1. The van der Waals surface area contributed by atoms with E-state index in [-0.39, 0.29) is 12.8 Å². The summed E-state index contributed by atoms with van der Waals surface area (Å²) in [4.78, 5) is 45.9. The van der Waals surface area contributed by atoms with Gasteiger partial charge < -0.3 is 30.3 Å². The molecule has 0 rings (SSSR count). The van der Waals surface area contributed by atoms with E-state index in [1.807, 2.05) is 24.3 Å². The molecule has 0 aromatic carbocycles. The van der Waals surface area contributed by atoms with E-state index in [4.69, 9.17) is 24.8 Å². The zero-order valence-corrected chi connectivity index (χ0v) is 36.0. The maximum atomic E-state index is 12.6. The van der Waals surface area contributed by atoms with Gasteiger partial charge in [-0.15, -0.1) is 0 Å². The monoisotopic (exact) mass is 843 g/mol. The van der Waals surface area contributed by atoms with Gasteiger partial charge >= 0.3 is 25.7 Å². The Labute approximate surface area is 352 Å². The summed E-state index contributed by atoms with van der Waals surface area (Å²) < 4.78 is 32.4. The number of aliphatic hydroxyl groups is 1. The van der Waals surface area contributed by atoms with Gasteiger partial charge in [-0.2, -0.15) is 0 Å². The number of hydrogen-bond donors (Lipinski definition) is 4. The summed E-state index contributed by atoms with van der Waals surface area (Å²) in [6.45, 7) is 2.28. The summed E-state index contributed by atoms with van der Waals surface area (Å²) in [5.41, 5.74) is 5.31. The molecule has 0 aliphatic rings. The number of esters is 2. The number of allylic oxidation sites excluding steroid dienone is 19. The highest BCUT2D eigenvalue weighted by Gasteiger charge is 2.28. The normalized spacial score (nSPS) is 15.5. The smallest absolute Gasteiger partial charge is 0.472 e. The van der Waals surface area contributed by atoms with Gasteiger partial charge in [-0.25, -0.2) is 4.57 Å². The minimum Gasteiger partial charge on any atom is -0.480 e. The number of phosphoric ester groups is 1. The van der Waals surface area contributed by atoms with E-state index in [2.05, 4.69) is 103 Å². The molecule has 0 aliphatic heterocycles. The Balaban J connectivity index is 4.72. The van der Waals surface area contributed by atoms with Gasteiger partial charge in [-0.05, 0) is 83.5 Å². The lowest BCUT2D eigenvalue weighted by atomic mass is 10.1. The summed E-state index contributed by atoms with van der Waals surface area (Å²) in [5.74, 6) is -2.70. The fraction of sp³-hybridized carbons (Fsp3) is 0.500. The number of hydrogen-bond acceptors (Lipinski definition) is 10. The first-order valence-corrected chi connectivity index (χ1v) is 22.2. The van der Waals surface area contributed by atoms with Crippen molar-refractivity contribution in [3.05, 3.63) is 122 Å². The van der Waals surface area contributed by atoms with Crippen LogP contribution in [0.1, 0.15) is 110 Å². The summed E-state index contributed by atoms with van der Waals surface area (Å²) >= 11 is 0. The Hall–Kier alpha value is -4.16. The molecule has 0 amide bonds. The van der Waals surface area contributed by atoms with Gasteiger partial charge in [0.15, 0.2) is 6.10 Å². The largest absolute Gasteiger partial charge is 0.480 e. The van der Waals surface area contributed by atoms with Gasteiger partial charge in [0.25, 0.3) is 0 Å². The van der Waals surface area contributed by atoms with E-state index in [1.165, 1.54) is 0 Å². The average Bonchev–Trinajstić information content (AvgIpc) is 3.20. The third-order valence-electron chi connectivity index (χ3n) is 7.81. The number of carbonyl (C=O) groups excluding carboxylic acids is 2. The zero-order valence-electron chi connectivity index (χ0n) is 35.1. The number of aliphatic carboxylic acids is 1. The molecule has 0 bridgehead atoms. The summed E-state index contributed by atoms with van der Waals surface area (Å²) in [6.07, 6.45) is 48.8. The third kappa shape index (κ3) is 39.1. The first-order valence-electron chi connectivity index (χ1n) is 20.7. The second kappa shape index (κ2) is 39.3. The van der Waals surface area contributed by atoms with Crippen LogP contribution in [0, 0.1) is 0 Å². The van der Waals surface area contributed by atoms with Gasteiger partial charge in [0.2, 0.25) is 0 Å². The van der Waals surface area contributed by atoms with Crippen molar-refractivity contribution in [3.8, 4) is 0 Å². The molecular weight excluding hydrogens is 773 g/mol. The Bertz CT molecular complexity index is 1470. The number of carboxylic acid groups (broad SMARTS) is 1. The van der Waals surface area contributed by atoms with Crippen LogP contribution >= 0.6 is 7.82 Å². The molecule has 59 heavy (non-hydrogen) atoms. The lowest BCUT2D eigenvalue weighted by Crippen LogP contribution is -2.34. The van der Waals surface area contributed by atoms with Gasteiger partial charge in [-0.1, -0.05) is 135 Å². The standard InChI is InChI=1S/C46H70NO11P/c1-3-5-7-9-11-13-15-17-18-19-20-22-24-26-28-30-32-36-45(50)58-42(39-56-59(53,54)57-40-43(47)46(51)52)38-55-44(49)37-33-35-41(48)34-31-29-27-25-23-21-16-14-12-10-8-6-4-2/h5-8,11-14,17-18,20-23,26-29,31,34,41-43,48H,3-4,9-10,15-16,19,24-25,30,32-33,35-40,47H2,1-2H3,(H,51,52)(H,53,54)/b7-5-,8-6-,13-11-,14-12-,18-17-,22-20-,23-21-,28-26-,29-27-,34-31+/t41?,42-,43+/m1/s1. The molecule has 0 fully saturated rings. The van der Waals surface area contributed by atoms with Crippen molar-refractivity contribution in [3.63, 3.8) is 0 Å². The maximum Gasteiger partial charge on any atom is 0.472 e. The predicted molar refractivity (Wildman–Crippen MR) is 236 cm³/mol. The molecule has 330 valence electrons. The number of ether oxygens (including phenoxy) is 2. The highest BCUT2D eigenvalue weighted by atomic mass is 31.2. The second-order valence-corrected chi connectivity index (χ2v) is 14.7. The van der Waals surface area contributed by atoms with Crippen molar-refractivity contribution in [2.75, 3.05) is 19.8 Å². The minimum absolute atomic E-state index is 0.0294. The molecule has 0 aromatic rings. The molecule has 5 N–H and O–H groups in total. The molecule has 4 atom stereocenters. The molecule has 0 saturated heterocycles. The Kier molecular flexibility index (Phi) is 36.5. The highest BCUT2D eigenvalue weighted by molar-refractivity contribution is 7.47. The summed E-state index contributed by atoms with van der Waals surface area (Å²) in [7, 11) is -4.79. The van der Waals surface area contributed by atoms with Crippen molar-refractivity contribution >= 4 is 25.7 Å². The van der Waals surface area contributed by atoms with E-state index in [0.717, 1.165) is 57.8 Å². The molecule has 2 unspecified atom stereocenters. The number of rotatable bonds is 36. The summed E-state index contributed by atoms with van der Waals surface area (Å²) in [6, 6.07) is -1.56. The summed E-state index contributed by atoms with van der Waals surface area (Å²) in [5, 5.41) is 19.1. The van der Waals surface area contributed by atoms with Crippen LogP contribution in [0.25, 0.3) is 0 Å². The van der Waals surface area contributed by atoms with Crippen molar-refractivity contribution in [2.24, 2.45) is 5.73 Å². The van der Waals surface area contributed by atoms with Crippen LogP contribution in [0.3, 0.4) is 0 Å². The number of carbonyl (C=O) groups is 3. The van der Waals surface area contributed by atoms with Gasteiger partial charge in [0.1, 0.15) is 12.6 Å². The van der Waals surface area contributed by atoms with E-state index < -0.39 is 63.8 Å². The molecule has 0 radical (unpaired) electrons. The fourth-order valence-electron chi connectivity index (χ4n) is 4.60. The van der Waals surface area contributed by atoms with Crippen LogP contribution in [0.2, 0.25) is 0 Å². The Morgan fingerprint density at radius 1 is 0.610 bits per heavy atom. The lowest BCUT2D eigenvalue weighted by Gasteiger charge is -2.20. The van der Waals surface area contributed by atoms with Crippen LogP contribution in [0.4, 0.5) is 0 Å². The maximum absolute atomic E-state index is 12.6. The topological polar surface area (TPSA) is 192 Å². The lowest BCUT2D eigenvalue weighted by molar-refractivity contribution is -0.161. The van der Waals surface area contributed by atoms with Crippen molar-refractivity contribution < 1.29 is 52.6 Å². The second-order valence-electron chi connectivity index (χ2n) is 13.2. The Morgan fingerprint density at radius 2 is 1.07 bits per heavy atom. The highest BCUT2D eigenvalue weighted by Crippen LogP contribution is 2.43. The van der Waals surface area contributed by atoms with Crippen LogP contribution in [0.5, 0.6) is 0 Å². The number of aliphatic hydroxyl groups excluding tert-OH is 1. The van der Waals surface area contributed by atoms with E-state index in [9.17, 15) is 28.9 Å². The molecular formula is C46H70NO11P. The van der Waals surface area contributed by atoms with E-state index >= 15 is 0 Å². The SMILES string of the molecule is CC/C=C\C/C=C\C/C=C\C/C=C\C=C\C(O)CCCC(=O)OC[C@H](COP(=O)(O)OC[C@H](N)C(=O)O)OC(=O)CCC/C=C\C/C=C\C/C=C\C/C=C\C/C=C\CC. The van der Waals surface area contributed by atoms with Gasteiger partial charge in [0, 0.05) is 12.8 Å². The Morgan fingerprint density at radius 3 is 1.58 bits per heavy atom. The average molecular weight is 844 g/mol. The third-order valence-corrected chi connectivity index (χ3v) is 8.76. The molecule has 0 saturated carbocycles. The number of nitrogens with two attached hydrogens (primary N) is 1. The minimum atomic E-state index is -4.79. The van der Waals surface area contributed by atoms with Crippen LogP contribution in [0.15, 0.2) is 122 Å². The van der Waals surface area contributed by atoms with E-state index in [0.29, 0.717) is 25.7 Å². The van der Waals surface area contributed by atoms with Crippen molar-refractivity contribution in [2.45, 2.75) is 128 Å². The predicted octanol–water partition coefficient (Wildman–Crippen LogP) is 9.80. The van der Waals surface area contributed by atoms with E-state index in [1.54, 1.807) is 12.2 Å². The molecule has 12 nitrogen and oxygen atoms in total. The molecule has 0 aromatic heterocycles. The first-order chi connectivity index (χ1) is 28.5.